The van der Waals surface area contributed by atoms with Gasteiger partial charge in [0.05, 0.1) is 20.6 Å². The van der Waals surface area contributed by atoms with E-state index in [1.54, 1.807) is 0 Å². The van der Waals surface area contributed by atoms with Crippen LogP contribution in [-0.4, -0.2) is 9.78 Å². The highest BCUT2D eigenvalue weighted by molar-refractivity contribution is 14.1. The summed E-state index contributed by atoms with van der Waals surface area (Å²) in [6.07, 6.45) is 0.828. The normalized spacial score (nSPS) is 10.8. The lowest BCUT2D eigenvalue weighted by atomic mass is 10.1. The van der Waals surface area contributed by atoms with Crippen LogP contribution in [0.15, 0.2) is 24.3 Å². The number of rotatable bonds is 2. The second-order valence-corrected chi connectivity index (χ2v) is 4.89. The molecule has 0 atom stereocenters. The van der Waals surface area contributed by atoms with Gasteiger partial charge in [0.1, 0.15) is 0 Å². The highest BCUT2D eigenvalue weighted by Crippen LogP contribution is 2.19. The highest BCUT2D eigenvalue weighted by Gasteiger charge is 2.09. The van der Waals surface area contributed by atoms with Crippen molar-refractivity contribution in [1.82, 2.24) is 9.78 Å². The van der Waals surface area contributed by atoms with Gasteiger partial charge in [-0.15, -0.1) is 0 Å². The second kappa shape index (κ2) is 4.57. The van der Waals surface area contributed by atoms with Gasteiger partial charge in [0.15, 0.2) is 0 Å². The van der Waals surface area contributed by atoms with E-state index in [2.05, 4.69) is 65.8 Å². The van der Waals surface area contributed by atoms with Crippen LogP contribution >= 0.6 is 22.6 Å². The van der Waals surface area contributed by atoms with Gasteiger partial charge in [0.2, 0.25) is 0 Å². The average molecular weight is 325 g/mol. The largest absolute Gasteiger partial charge is 0.237 e. The molecule has 0 amide bonds. The lowest BCUT2D eigenvalue weighted by Gasteiger charge is -2.05. The van der Waals surface area contributed by atoms with Crippen LogP contribution in [-0.2, 0) is 6.42 Å². The topological polar surface area (TPSA) is 17.8 Å². The van der Waals surface area contributed by atoms with Crippen LogP contribution in [0.25, 0.3) is 5.69 Å². The molecule has 0 N–H and O–H groups in total. The minimum absolute atomic E-state index is 0.828. The Morgan fingerprint density at radius 2 is 1.88 bits per heavy atom. The van der Waals surface area contributed by atoms with Gasteiger partial charge in [-0.2, -0.15) is 5.10 Å². The molecule has 0 unspecified atom stereocenters. The van der Waals surface area contributed by atoms with Gasteiger partial charge < -0.3 is 0 Å². The maximum absolute atomic E-state index is 4.53. The third-order valence-corrected chi connectivity index (χ3v) is 4.23. The Kier molecular flexibility index (Phi) is 3.33. The molecule has 0 aliphatic carbocycles. The first-order valence-electron chi connectivity index (χ1n) is 5.23. The summed E-state index contributed by atoms with van der Waals surface area (Å²) in [7, 11) is 0. The molecule has 0 aliphatic heterocycles. The van der Waals surface area contributed by atoms with E-state index in [1.807, 2.05) is 11.6 Å². The predicted molar refractivity (Wildman–Crippen MR) is 74.8 cm³/mol. The summed E-state index contributed by atoms with van der Waals surface area (Å²) < 4.78 is 3.23. The van der Waals surface area contributed by atoms with Crippen molar-refractivity contribution < 1.29 is 0 Å². The van der Waals surface area contributed by atoms with Gasteiger partial charge in [-0.05, 0) is 67.5 Å². The van der Waals surface area contributed by atoms with Gasteiger partial charge in [-0.1, -0.05) is 12.1 Å². The number of halogens is 1. The number of benzene rings is 1. The fourth-order valence-electron chi connectivity index (χ4n) is 1.68. The molecule has 0 aliphatic rings. The van der Waals surface area contributed by atoms with E-state index in [9.17, 15) is 0 Å². The Balaban J connectivity index is 2.46. The molecule has 1 aromatic carbocycles. The number of hydrogen-bond acceptors (Lipinski definition) is 1. The van der Waals surface area contributed by atoms with E-state index in [0.29, 0.717) is 0 Å². The third-order valence-electron chi connectivity index (χ3n) is 2.67. The van der Waals surface area contributed by atoms with Crippen molar-refractivity contribution in [2.75, 3.05) is 0 Å². The fourth-order valence-corrected chi connectivity index (χ4v) is 2.02. The van der Waals surface area contributed by atoms with E-state index in [0.717, 1.165) is 17.8 Å². The molecule has 83 valence electrons. The van der Waals surface area contributed by atoms with Gasteiger partial charge >= 0.3 is 0 Å². The third kappa shape index (κ3) is 2.00. The summed E-state index contributed by atoms with van der Waals surface area (Å²) >= 11 is 2.34. The summed E-state index contributed by atoms with van der Waals surface area (Å²) in [5.74, 6) is 0. The summed E-state index contributed by atoms with van der Waals surface area (Å²) in [6, 6.07) is 8.39. The Morgan fingerprint density at radius 1 is 1.25 bits per heavy atom. The zero-order chi connectivity index (χ0) is 11.7. The number of aryl methyl sites for hydroxylation is 1. The van der Waals surface area contributed by atoms with Gasteiger partial charge in [-0.25, -0.2) is 4.68 Å². The molecule has 16 heavy (non-hydrogen) atoms. The van der Waals surface area contributed by atoms with Crippen molar-refractivity contribution >= 4 is 22.6 Å². The molecule has 2 rings (SSSR count). The fraction of sp³-hybridized carbons (Fsp3) is 0.231. The van der Waals surface area contributed by atoms with Crippen LogP contribution in [0, 0.1) is 24.3 Å². The Hall–Kier alpha value is -0.840. The molecule has 2 aromatic rings. The van der Waals surface area contributed by atoms with Crippen molar-refractivity contribution in [2.24, 2.45) is 0 Å². The minimum atomic E-state index is 0.828. The van der Waals surface area contributed by atoms with Gasteiger partial charge in [0.25, 0.3) is 0 Å². The maximum Gasteiger partial charge on any atom is 0.0734 e. The van der Waals surface area contributed by atoms with Crippen molar-refractivity contribution in [3.05, 3.63) is 51.7 Å². The van der Waals surface area contributed by atoms with Crippen LogP contribution in [0.1, 0.15) is 17.0 Å². The van der Waals surface area contributed by atoms with Crippen LogP contribution in [0.2, 0.25) is 0 Å². The van der Waals surface area contributed by atoms with Gasteiger partial charge in [-0.3, -0.25) is 0 Å². The Bertz CT molecular complexity index is 497. The van der Waals surface area contributed by atoms with E-state index >= 15 is 0 Å². The molecule has 1 heterocycles. The molecule has 1 aromatic heterocycles. The first-order chi connectivity index (χ1) is 7.63. The maximum atomic E-state index is 4.53. The molecular formula is C13H14IN2. The molecule has 1 radical (unpaired) electrons. The summed E-state index contributed by atoms with van der Waals surface area (Å²) in [5.41, 5.74) is 4.64. The van der Waals surface area contributed by atoms with E-state index in [-0.39, 0.29) is 0 Å². The quantitative estimate of drug-likeness (QED) is 0.773. The van der Waals surface area contributed by atoms with Crippen molar-refractivity contribution in [2.45, 2.75) is 20.3 Å². The Labute approximate surface area is 110 Å². The number of nitrogens with zero attached hydrogens (tertiary/aromatic N) is 2. The second-order valence-electron chi connectivity index (χ2n) is 3.81. The molecule has 0 fully saturated rings. The zero-order valence-corrected chi connectivity index (χ0v) is 11.7. The van der Waals surface area contributed by atoms with E-state index in [4.69, 9.17) is 0 Å². The molecule has 0 saturated heterocycles. The van der Waals surface area contributed by atoms with Crippen LogP contribution in [0.4, 0.5) is 0 Å². The monoisotopic (exact) mass is 325 g/mol. The first-order valence-corrected chi connectivity index (χ1v) is 6.31. The van der Waals surface area contributed by atoms with Crippen molar-refractivity contribution in [3.8, 4) is 5.69 Å². The molecule has 0 bridgehead atoms. The van der Waals surface area contributed by atoms with Crippen LogP contribution < -0.4 is 0 Å². The SMILES string of the molecule is [CH2]Cc1ccc(-n2nc(C)c(I)c2C)cc1. The molecular weight excluding hydrogens is 311 g/mol. The Morgan fingerprint density at radius 3 is 2.31 bits per heavy atom. The van der Waals surface area contributed by atoms with E-state index in [1.165, 1.54) is 14.8 Å². The predicted octanol–water partition coefficient (Wildman–Crippen LogP) is 3.47. The lowest BCUT2D eigenvalue weighted by molar-refractivity contribution is 0.832. The van der Waals surface area contributed by atoms with Crippen molar-refractivity contribution in [3.63, 3.8) is 0 Å². The van der Waals surface area contributed by atoms with E-state index < -0.39 is 0 Å². The van der Waals surface area contributed by atoms with Crippen LogP contribution in [0.3, 0.4) is 0 Å². The zero-order valence-electron chi connectivity index (χ0n) is 9.50. The minimum Gasteiger partial charge on any atom is -0.237 e. The number of aromatic nitrogens is 2. The molecule has 0 saturated carbocycles. The first kappa shape index (κ1) is 11.6. The average Bonchev–Trinajstić information content (AvgIpc) is 2.57. The summed E-state index contributed by atoms with van der Waals surface area (Å²) in [5, 5.41) is 4.53. The summed E-state index contributed by atoms with van der Waals surface area (Å²) in [6.45, 7) is 8.00. The van der Waals surface area contributed by atoms with Crippen molar-refractivity contribution in [1.29, 1.82) is 0 Å². The van der Waals surface area contributed by atoms with Crippen LogP contribution in [0.5, 0.6) is 0 Å². The summed E-state index contributed by atoms with van der Waals surface area (Å²) in [4.78, 5) is 0. The smallest absolute Gasteiger partial charge is 0.0734 e. The molecule has 3 heteroatoms. The molecule has 0 spiro atoms. The number of hydrogen-bond donors (Lipinski definition) is 0. The standard InChI is InChI=1S/C13H14IN2/c1-4-11-5-7-12(8-6-11)16-10(3)13(14)9(2)15-16/h5-8H,1,4H2,2-3H3. The highest BCUT2D eigenvalue weighted by atomic mass is 127. The molecule has 2 nitrogen and oxygen atoms in total. The van der Waals surface area contributed by atoms with Gasteiger partial charge in [0, 0.05) is 0 Å². The lowest BCUT2D eigenvalue weighted by Crippen LogP contribution is -1.99.